The Morgan fingerprint density at radius 2 is 0.707 bits per heavy atom. The molecule has 2 aromatic heterocycles. The molecule has 14 aromatic rings. The van der Waals surface area contributed by atoms with Crippen LogP contribution < -0.4 is 21.3 Å². The minimum Gasteiger partial charge on any atom is -0.311 e. The molecule has 0 amide bonds. The maximum Gasteiger partial charge on any atom is 0.252 e. The van der Waals surface area contributed by atoms with Crippen molar-refractivity contribution in [1.82, 2.24) is 9.13 Å². The van der Waals surface area contributed by atoms with Gasteiger partial charge in [0.1, 0.15) is 0 Å². The molecule has 12 aromatic carbocycles. The summed E-state index contributed by atoms with van der Waals surface area (Å²) in [5.41, 5.74) is 26.5. The van der Waals surface area contributed by atoms with Crippen molar-refractivity contribution in [3.8, 4) is 44.8 Å². The predicted molar refractivity (Wildman–Crippen MR) is 398 cm³/mol. The Morgan fingerprint density at radius 1 is 0.250 bits per heavy atom. The highest BCUT2D eigenvalue weighted by Gasteiger charge is 2.42. The molecule has 448 valence electrons. The third-order valence-electron chi connectivity index (χ3n) is 20.1. The number of rotatable bonds is 5. The number of hydrogen-bond acceptors (Lipinski definition) is 1. The summed E-state index contributed by atoms with van der Waals surface area (Å²) >= 11 is 0. The second kappa shape index (κ2) is 20.8. The van der Waals surface area contributed by atoms with Crippen molar-refractivity contribution >= 4 is 105 Å². The molecule has 0 saturated heterocycles. The molecule has 0 N–H and O–H groups in total. The van der Waals surface area contributed by atoms with E-state index >= 15 is 0 Å². The van der Waals surface area contributed by atoms with Crippen LogP contribution in [-0.2, 0) is 21.7 Å². The summed E-state index contributed by atoms with van der Waals surface area (Å²) in [7, 11) is 0. The van der Waals surface area contributed by atoms with Crippen LogP contribution in [0.1, 0.15) is 105 Å². The van der Waals surface area contributed by atoms with Gasteiger partial charge in [-0.2, -0.15) is 0 Å². The molecule has 0 fully saturated rings. The van der Waals surface area contributed by atoms with E-state index in [0.29, 0.717) is 0 Å². The predicted octanol–water partition coefficient (Wildman–Crippen LogP) is 22.1. The Labute approximate surface area is 542 Å². The van der Waals surface area contributed by atoms with Gasteiger partial charge in [-0.05, 0) is 176 Å². The second-order valence-corrected chi connectivity index (χ2v) is 30.2. The first-order chi connectivity index (χ1) is 44.2. The molecule has 0 saturated carbocycles. The van der Waals surface area contributed by atoms with E-state index in [9.17, 15) is 0 Å². The summed E-state index contributed by atoms with van der Waals surface area (Å²) in [5, 5.41) is 9.78. The van der Waals surface area contributed by atoms with Gasteiger partial charge in [-0.1, -0.05) is 277 Å². The lowest BCUT2D eigenvalue weighted by atomic mass is 9.33. The largest absolute Gasteiger partial charge is 0.311 e. The fraction of sp³-hybridized carbons (Fsp3) is 0.182. The first-order valence-electron chi connectivity index (χ1n) is 33.0. The van der Waals surface area contributed by atoms with Crippen LogP contribution in [-0.4, -0.2) is 15.8 Å². The molecule has 92 heavy (non-hydrogen) atoms. The summed E-state index contributed by atoms with van der Waals surface area (Å²) < 4.78 is 5.24. The molecule has 0 bridgehead atoms. The van der Waals surface area contributed by atoms with Crippen molar-refractivity contribution in [2.24, 2.45) is 0 Å². The van der Waals surface area contributed by atoms with Crippen LogP contribution in [0.5, 0.6) is 0 Å². The lowest BCUT2D eigenvalue weighted by Crippen LogP contribution is -2.60. The van der Waals surface area contributed by atoms with Crippen molar-refractivity contribution in [2.45, 2.75) is 105 Å². The topological polar surface area (TPSA) is 13.1 Å². The van der Waals surface area contributed by atoms with Crippen molar-refractivity contribution in [3.63, 3.8) is 0 Å². The molecular formula is C88H78BN3. The average Bonchev–Trinajstić information content (AvgIpc) is 0.910. The van der Waals surface area contributed by atoms with Gasteiger partial charge in [0, 0.05) is 50.0 Å². The first-order valence-corrected chi connectivity index (χ1v) is 33.0. The Morgan fingerprint density at radius 3 is 1.25 bits per heavy atom. The maximum atomic E-state index is 2.66. The number of anilines is 3. The monoisotopic (exact) mass is 1190 g/mol. The van der Waals surface area contributed by atoms with Crippen LogP contribution in [0.25, 0.3) is 110 Å². The van der Waals surface area contributed by atoms with Gasteiger partial charge < -0.3 is 14.0 Å². The van der Waals surface area contributed by atoms with Gasteiger partial charge in [-0.25, -0.2) is 0 Å². The lowest BCUT2D eigenvalue weighted by molar-refractivity contribution is 0.569. The van der Waals surface area contributed by atoms with E-state index in [0.717, 1.165) is 39.4 Å². The van der Waals surface area contributed by atoms with Crippen molar-refractivity contribution in [2.75, 3.05) is 4.90 Å². The van der Waals surface area contributed by atoms with Gasteiger partial charge in [0.25, 0.3) is 6.71 Å². The summed E-state index contributed by atoms with van der Waals surface area (Å²) in [6.45, 7) is 27.9. The second-order valence-electron chi connectivity index (χ2n) is 30.2. The van der Waals surface area contributed by atoms with Crippen LogP contribution in [0, 0.1) is 0 Å². The van der Waals surface area contributed by atoms with Crippen molar-refractivity contribution in [3.05, 3.63) is 277 Å². The lowest BCUT2D eigenvalue weighted by Gasteiger charge is -2.41. The molecule has 0 radical (unpaired) electrons. The number of para-hydroxylation sites is 1. The van der Waals surface area contributed by atoms with Crippen LogP contribution in [0.3, 0.4) is 0 Å². The molecule has 4 heterocycles. The SMILES string of the molecule is CC(C)(C)c1cc(-c2ccc3c(c2)B2c4ccc(-n5c6cc(C(C)(C)C)ccc6c6ccc(C(C)(C)C)cc65)cc4N(c4cc(-c5ccccc5)cc(-c5ccccc5)c4)c4ccc5c6ccccc6c6ccccc6c6ccccc6n-3c5c42)cc(C(C)(C)C)c1. The summed E-state index contributed by atoms with van der Waals surface area (Å²) in [6, 6.07) is 98.2. The molecule has 4 heteroatoms. The Kier molecular flexibility index (Phi) is 13.0. The van der Waals surface area contributed by atoms with Crippen molar-refractivity contribution in [1.29, 1.82) is 0 Å². The van der Waals surface area contributed by atoms with E-state index in [1.165, 1.54) is 126 Å². The van der Waals surface area contributed by atoms with Crippen LogP contribution >= 0.6 is 0 Å². The minimum atomic E-state index is -0.189. The van der Waals surface area contributed by atoms with Crippen molar-refractivity contribution < 1.29 is 0 Å². The standard InChI is InChI=1S/C88H78BN3/c1-85(2,3)61-36-39-72-73-40-37-62(86(4,5)6)53-81(73)90(80(72)52-61)65-38-42-75-82(54-65)91(66-48-58(55-25-15-13-16-26-55)45-59(49-66)56-27-17-14-18-28-56)79-44-41-74-70-32-22-20-30-68(70)67-29-19-21-31-69(67)71-33-23-24-34-77(71)92-78-43-35-57(50-76(78)89(75)83(79)84(74)92)60-46-63(87(7,8)9)51-64(47-60)88(10,11)12/h13-54H,1-12H3. The zero-order chi connectivity index (χ0) is 63.3. The minimum absolute atomic E-state index is 0.0610. The molecule has 0 aliphatic carbocycles. The van der Waals surface area contributed by atoms with Gasteiger partial charge in [0.15, 0.2) is 0 Å². The zero-order valence-corrected chi connectivity index (χ0v) is 55.2. The molecule has 2 aliphatic heterocycles. The number of fused-ring (bicyclic) bond motifs is 15. The van der Waals surface area contributed by atoms with Crippen LogP contribution in [0.4, 0.5) is 17.1 Å². The zero-order valence-electron chi connectivity index (χ0n) is 55.2. The summed E-state index contributed by atoms with van der Waals surface area (Å²) in [5.74, 6) is 0. The molecule has 16 rings (SSSR count). The molecule has 0 spiro atoms. The number of hydrogen-bond donors (Lipinski definition) is 0. The van der Waals surface area contributed by atoms with Crippen LogP contribution in [0.2, 0.25) is 0 Å². The Bertz CT molecular complexity index is 5280. The highest BCUT2D eigenvalue weighted by atomic mass is 15.2. The van der Waals surface area contributed by atoms with E-state index in [2.05, 4.69) is 352 Å². The smallest absolute Gasteiger partial charge is 0.252 e. The number of aromatic nitrogens is 2. The molecule has 2 aliphatic rings. The molecule has 0 atom stereocenters. The highest BCUT2D eigenvalue weighted by molar-refractivity contribution is 7.00. The molecular weight excluding hydrogens is 1110 g/mol. The van der Waals surface area contributed by atoms with E-state index in [1.807, 2.05) is 0 Å². The van der Waals surface area contributed by atoms with Gasteiger partial charge in [0.05, 0.1) is 22.1 Å². The van der Waals surface area contributed by atoms with E-state index < -0.39 is 0 Å². The van der Waals surface area contributed by atoms with Gasteiger partial charge in [-0.3, -0.25) is 0 Å². The molecule has 3 nitrogen and oxygen atoms in total. The summed E-state index contributed by atoms with van der Waals surface area (Å²) in [6.07, 6.45) is 0. The quantitative estimate of drug-likeness (QED) is 0.157. The van der Waals surface area contributed by atoms with E-state index in [1.54, 1.807) is 0 Å². The number of nitrogens with zero attached hydrogens (tertiary/aromatic N) is 3. The Balaban J connectivity index is 1.10. The number of benzene rings is 12. The van der Waals surface area contributed by atoms with Gasteiger partial charge in [-0.15, -0.1) is 0 Å². The first kappa shape index (κ1) is 57.3. The highest BCUT2D eigenvalue weighted by Crippen LogP contribution is 2.47. The van der Waals surface area contributed by atoms with Gasteiger partial charge in [0.2, 0.25) is 0 Å². The third-order valence-corrected chi connectivity index (χ3v) is 20.1. The fourth-order valence-corrected chi connectivity index (χ4v) is 15.1. The average molecular weight is 1190 g/mol. The third kappa shape index (κ3) is 9.30. The fourth-order valence-electron chi connectivity index (χ4n) is 15.1. The summed E-state index contributed by atoms with van der Waals surface area (Å²) in [4.78, 5) is 2.65. The normalized spacial score (nSPS) is 13.2. The van der Waals surface area contributed by atoms with E-state index in [-0.39, 0.29) is 28.4 Å². The molecule has 0 unspecified atom stereocenters. The van der Waals surface area contributed by atoms with E-state index in [4.69, 9.17) is 0 Å². The van der Waals surface area contributed by atoms with Gasteiger partial charge >= 0.3 is 0 Å². The van der Waals surface area contributed by atoms with Crippen LogP contribution in [0.15, 0.2) is 255 Å². The maximum absolute atomic E-state index is 2.66. The Hall–Kier alpha value is -9.90.